The largest absolute Gasteiger partial charge is 0.481 e. The van der Waals surface area contributed by atoms with Crippen LogP contribution in [0.1, 0.15) is 30.4 Å². The summed E-state index contributed by atoms with van der Waals surface area (Å²) in [5.41, 5.74) is 2.45. The smallest absolute Gasteiger partial charge is 0.306 e. The molecule has 2 atom stereocenters. The monoisotopic (exact) mass is 325 g/mol. The molecular formula is C15H20BrNO2. The van der Waals surface area contributed by atoms with Gasteiger partial charge < -0.3 is 10.4 Å². The summed E-state index contributed by atoms with van der Waals surface area (Å²) in [6.07, 6.45) is 2.90. The number of carboxylic acids is 1. The fourth-order valence-electron chi connectivity index (χ4n) is 2.75. The number of halogens is 1. The molecule has 1 aromatic rings. The van der Waals surface area contributed by atoms with Crippen LogP contribution in [0, 0.1) is 18.8 Å². The van der Waals surface area contributed by atoms with Crippen molar-refractivity contribution < 1.29 is 9.90 Å². The number of hydrogen-bond donors (Lipinski definition) is 2. The second kappa shape index (κ2) is 6.53. The average molecular weight is 326 g/mol. The van der Waals surface area contributed by atoms with E-state index in [0.717, 1.165) is 36.8 Å². The topological polar surface area (TPSA) is 49.3 Å². The first kappa shape index (κ1) is 14.5. The van der Waals surface area contributed by atoms with Crippen molar-refractivity contribution in [3.63, 3.8) is 0 Å². The summed E-state index contributed by atoms with van der Waals surface area (Å²) in [5, 5.41) is 12.5. The van der Waals surface area contributed by atoms with Gasteiger partial charge in [-0.2, -0.15) is 0 Å². The van der Waals surface area contributed by atoms with Crippen LogP contribution in [0.5, 0.6) is 0 Å². The number of benzene rings is 1. The first-order chi connectivity index (χ1) is 9.08. The lowest BCUT2D eigenvalue weighted by atomic mass is 9.96. The predicted octanol–water partition coefficient (Wildman–Crippen LogP) is 3.35. The zero-order chi connectivity index (χ0) is 13.8. The highest BCUT2D eigenvalue weighted by atomic mass is 79.9. The quantitative estimate of drug-likeness (QED) is 0.872. The van der Waals surface area contributed by atoms with Gasteiger partial charge >= 0.3 is 5.97 Å². The molecule has 3 nitrogen and oxygen atoms in total. The molecule has 1 fully saturated rings. The highest BCUT2D eigenvalue weighted by molar-refractivity contribution is 9.10. The van der Waals surface area contributed by atoms with Gasteiger partial charge in [-0.1, -0.05) is 34.5 Å². The Morgan fingerprint density at radius 3 is 2.95 bits per heavy atom. The lowest BCUT2D eigenvalue weighted by Crippen LogP contribution is -2.28. The van der Waals surface area contributed by atoms with Gasteiger partial charge in [-0.15, -0.1) is 0 Å². The molecule has 1 aromatic carbocycles. The zero-order valence-corrected chi connectivity index (χ0v) is 12.7. The number of aliphatic carboxylic acids is 1. The van der Waals surface area contributed by atoms with Crippen molar-refractivity contribution >= 4 is 21.9 Å². The molecule has 0 aliphatic heterocycles. The Bertz CT molecular complexity index is 461. The van der Waals surface area contributed by atoms with Crippen LogP contribution in [-0.4, -0.2) is 17.6 Å². The Morgan fingerprint density at radius 2 is 2.26 bits per heavy atom. The molecule has 0 spiro atoms. The van der Waals surface area contributed by atoms with Crippen molar-refractivity contribution in [3.05, 3.63) is 33.8 Å². The molecule has 2 N–H and O–H groups in total. The molecule has 2 unspecified atom stereocenters. The van der Waals surface area contributed by atoms with Gasteiger partial charge in [0.25, 0.3) is 0 Å². The maximum Gasteiger partial charge on any atom is 0.306 e. The van der Waals surface area contributed by atoms with Gasteiger partial charge in [-0.25, -0.2) is 0 Å². The van der Waals surface area contributed by atoms with E-state index in [1.54, 1.807) is 0 Å². The van der Waals surface area contributed by atoms with Crippen LogP contribution in [0.25, 0.3) is 0 Å². The molecule has 4 heteroatoms. The van der Waals surface area contributed by atoms with Crippen LogP contribution in [0.15, 0.2) is 22.7 Å². The highest BCUT2D eigenvalue weighted by Crippen LogP contribution is 2.31. The van der Waals surface area contributed by atoms with Crippen molar-refractivity contribution in [2.45, 2.75) is 32.7 Å². The van der Waals surface area contributed by atoms with Crippen molar-refractivity contribution in [3.8, 4) is 0 Å². The van der Waals surface area contributed by atoms with E-state index in [4.69, 9.17) is 5.11 Å². The van der Waals surface area contributed by atoms with Gasteiger partial charge in [-0.05, 0) is 49.4 Å². The number of carbonyl (C=O) groups is 1. The fourth-order valence-corrected chi connectivity index (χ4v) is 3.18. The standard InChI is InChI=1S/C15H20BrNO2/c1-10-5-6-11(7-14(10)16)8-17-9-12-3-2-4-13(12)15(18)19/h5-7,12-13,17H,2-4,8-9H2,1H3,(H,18,19). The van der Waals surface area contributed by atoms with Crippen LogP contribution < -0.4 is 5.32 Å². The van der Waals surface area contributed by atoms with Crippen molar-refractivity contribution in [1.82, 2.24) is 5.32 Å². The minimum atomic E-state index is -0.637. The summed E-state index contributed by atoms with van der Waals surface area (Å²) in [6, 6.07) is 6.32. The van der Waals surface area contributed by atoms with Crippen molar-refractivity contribution in [2.24, 2.45) is 11.8 Å². The van der Waals surface area contributed by atoms with Crippen LogP contribution in [-0.2, 0) is 11.3 Å². The number of aryl methyl sites for hydroxylation is 1. The van der Waals surface area contributed by atoms with E-state index >= 15 is 0 Å². The normalized spacial score (nSPS) is 22.6. The zero-order valence-electron chi connectivity index (χ0n) is 11.2. The molecule has 0 saturated heterocycles. The second-order valence-corrected chi connectivity index (χ2v) is 6.20. The van der Waals surface area contributed by atoms with Crippen molar-refractivity contribution in [2.75, 3.05) is 6.54 Å². The molecule has 104 valence electrons. The molecule has 0 aromatic heterocycles. The third kappa shape index (κ3) is 3.80. The summed E-state index contributed by atoms with van der Waals surface area (Å²) in [4.78, 5) is 11.1. The fraction of sp³-hybridized carbons (Fsp3) is 0.533. The lowest BCUT2D eigenvalue weighted by molar-refractivity contribution is -0.142. The van der Waals surface area contributed by atoms with Gasteiger partial charge in [0, 0.05) is 11.0 Å². The summed E-state index contributed by atoms with van der Waals surface area (Å²) in [5.74, 6) is -0.508. The third-order valence-corrected chi connectivity index (χ3v) is 4.80. The second-order valence-electron chi connectivity index (χ2n) is 5.35. The van der Waals surface area contributed by atoms with E-state index in [-0.39, 0.29) is 11.8 Å². The van der Waals surface area contributed by atoms with E-state index in [0.29, 0.717) is 0 Å². The van der Waals surface area contributed by atoms with E-state index in [1.807, 2.05) is 0 Å². The SMILES string of the molecule is Cc1ccc(CNCC2CCCC2C(=O)O)cc1Br. The van der Waals surface area contributed by atoms with E-state index < -0.39 is 5.97 Å². The summed E-state index contributed by atoms with van der Waals surface area (Å²) in [7, 11) is 0. The Balaban J connectivity index is 1.83. The van der Waals surface area contributed by atoms with Crippen molar-refractivity contribution in [1.29, 1.82) is 0 Å². The van der Waals surface area contributed by atoms with Gasteiger partial charge in [0.2, 0.25) is 0 Å². The first-order valence-electron chi connectivity index (χ1n) is 6.76. The number of rotatable bonds is 5. The Labute approximate surface area is 122 Å². The van der Waals surface area contributed by atoms with E-state index in [2.05, 4.69) is 46.4 Å². The number of carboxylic acid groups (broad SMARTS) is 1. The minimum absolute atomic E-state index is 0.155. The summed E-state index contributed by atoms with van der Waals surface area (Å²) >= 11 is 3.53. The van der Waals surface area contributed by atoms with Gasteiger partial charge in [-0.3, -0.25) is 4.79 Å². The Hall–Kier alpha value is -0.870. The lowest BCUT2D eigenvalue weighted by Gasteiger charge is -2.16. The molecule has 1 aliphatic carbocycles. The van der Waals surface area contributed by atoms with Crippen LogP contribution in [0.2, 0.25) is 0 Å². The van der Waals surface area contributed by atoms with Crippen LogP contribution in [0.3, 0.4) is 0 Å². The Kier molecular flexibility index (Phi) is 4.99. The molecule has 1 saturated carbocycles. The van der Waals surface area contributed by atoms with Crippen LogP contribution >= 0.6 is 15.9 Å². The average Bonchev–Trinajstić information content (AvgIpc) is 2.82. The number of hydrogen-bond acceptors (Lipinski definition) is 2. The maximum atomic E-state index is 11.1. The first-order valence-corrected chi connectivity index (χ1v) is 7.56. The van der Waals surface area contributed by atoms with E-state index in [1.165, 1.54) is 11.1 Å². The number of nitrogens with one attached hydrogen (secondary N) is 1. The molecule has 0 amide bonds. The molecule has 2 rings (SSSR count). The predicted molar refractivity (Wildman–Crippen MR) is 79.1 cm³/mol. The molecule has 19 heavy (non-hydrogen) atoms. The summed E-state index contributed by atoms with van der Waals surface area (Å²) in [6.45, 7) is 3.65. The van der Waals surface area contributed by atoms with Crippen LogP contribution in [0.4, 0.5) is 0 Å². The summed E-state index contributed by atoms with van der Waals surface area (Å²) < 4.78 is 1.12. The van der Waals surface area contributed by atoms with Gasteiger partial charge in [0.15, 0.2) is 0 Å². The van der Waals surface area contributed by atoms with E-state index in [9.17, 15) is 4.79 Å². The third-order valence-electron chi connectivity index (χ3n) is 3.95. The molecule has 0 bridgehead atoms. The minimum Gasteiger partial charge on any atom is -0.481 e. The molecular weight excluding hydrogens is 306 g/mol. The van der Waals surface area contributed by atoms with Gasteiger partial charge in [0.05, 0.1) is 5.92 Å². The highest BCUT2D eigenvalue weighted by Gasteiger charge is 2.32. The molecule has 1 aliphatic rings. The maximum absolute atomic E-state index is 11.1. The van der Waals surface area contributed by atoms with Gasteiger partial charge in [0.1, 0.15) is 0 Å². The molecule has 0 radical (unpaired) electrons. The Morgan fingerprint density at radius 1 is 1.47 bits per heavy atom. The molecule has 0 heterocycles.